The summed E-state index contributed by atoms with van der Waals surface area (Å²) in [6.45, 7) is 8.22. The number of hydrogen-bond acceptors (Lipinski definition) is 10. The summed E-state index contributed by atoms with van der Waals surface area (Å²) in [5, 5.41) is 3.11. The van der Waals surface area contributed by atoms with Crippen molar-refractivity contribution in [1.29, 1.82) is 0 Å². The van der Waals surface area contributed by atoms with E-state index in [0.29, 0.717) is 83.8 Å². The lowest BCUT2D eigenvalue weighted by atomic mass is 10.1. The van der Waals surface area contributed by atoms with Crippen LogP contribution in [0.3, 0.4) is 0 Å². The Balaban J connectivity index is 1.24. The molecule has 6 rings (SSSR count). The number of anilines is 3. The van der Waals surface area contributed by atoms with E-state index in [4.69, 9.17) is 14.5 Å². The number of carbonyl (C=O) groups excluding carboxylic acids is 1. The van der Waals surface area contributed by atoms with Crippen molar-refractivity contribution in [3.63, 3.8) is 0 Å². The molecule has 4 aromatic rings. The number of rotatable bonds is 8. The van der Waals surface area contributed by atoms with Crippen molar-refractivity contribution in [2.45, 2.75) is 13.0 Å². The summed E-state index contributed by atoms with van der Waals surface area (Å²) >= 11 is 0. The summed E-state index contributed by atoms with van der Waals surface area (Å²) in [5.74, 6) is 1.91. The molecule has 5 heterocycles. The molecule has 12 nitrogen and oxygen atoms in total. The fraction of sp³-hybridized carbons (Fsp3) is 0.303. The molecule has 1 fully saturated rings. The lowest BCUT2D eigenvalue weighted by Crippen LogP contribution is -2.56. The van der Waals surface area contributed by atoms with Crippen molar-refractivity contribution >= 4 is 34.3 Å². The van der Waals surface area contributed by atoms with Crippen LogP contribution in [0.5, 0.6) is 17.2 Å². The highest BCUT2D eigenvalue weighted by molar-refractivity contribution is 5.91. The lowest BCUT2D eigenvalue weighted by Gasteiger charge is -2.39. The SMILES string of the molecule is C=CN=c1cc(Oc2cc(F)c(Nc3ncnc4cc5c(nc34)N3CCN(C(=O)/C=C/CN(C)C)C(CO5)C3)cc2C)ccn1C. The molecule has 0 aliphatic carbocycles. The predicted octanol–water partition coefficient (Wildman–Crippen LogP) is 3.92. The molecule has 238 valence electrons. The average molecular weight is 626 g/mol. The summed E-state index contributed by atoms with van der Waals surface area (Å²) in [6.07, 6.45) is 8.16. The minimum Gasteiger partial charge on any atom is -0.487 e. The highest BCUT2D eigenvalue weighted by Crippen LogP contribution is 2.37. The van der Waals surface area contributed by atoms with Crippen LogP contribution in [0.1, 0.15) is 5.56 Å². The van der Waals surface area contributed by atoms with Crippen LogP contribution in [0.2, 0.25) is 0 Å². The fourth-order valence-corrected chi connectivity index (χ4v) is 5.46. The minimum atomic E-state index is -0.522. The Bertz CT molecular complexity index is 1910. The molecular weight excluding hydrogens is 589 g/mol. The van der Waals surface area contributed by atoms with Gasteiger partial charge in [0.25, 0.3) is 0 Å². The summed E-state index contributed by atoms with van der Waals surface area (Å²) < 4.78 is 29.5. The van der Waals surface area contributed by atoms with Crippen LogP contribution < -0.4 is 25.2 Å². The predicted molar refractivity (Wildman–Crippen MR) is 174 cm³/mol. The number of hydrogen-bond donors (Lipinski definition) is 1. The molecule has 2 aliphatic heterocycles. The summed E-state index contributed by atoms with van der Waals surface area (Å²) in [6, 6.07) is 8.21. The van der Waals surface area contributed by atoms with E-state index >= 15 is 4.39 Å². The zero-order valence-corrected chi connectivity index (χ0v) is 26.3. The third-order valence-corrected chi connectivity index (χ3v) is 7.85. The van der Waals surface area contributed by atoms with Gasteiger partial charge in [-0.25, -0.2) is 24.3 Å². The maximum Gasteiger partial charge on any atom is 0.246 e. The molecule has 0 saturated carbocycles. The van der Waals surface area contributed by atoms with Gasteiger partial charge in [0.1, 0.15) is 41.3 Å². The van der Waals surface area contributed by atoms with Gasteiger partial charge in [0.05, 0.1) is 17.2 Å². The first kappa shape index (κ1) is 30.7. The number of piperazine rings is 1. The second kappa shape index (κ2) is 13.0. The number of aromatic nitrogens is 4. The van der Waals surface area contributed by atoms with Crippen LogP contribution in [-0.2, 0) is 11.8 Å². The Kier molecular flexibility index (Phi) is 8.66. The van der Waals surface area contributed by atoms with E-state index in [0.717, 1.165) is 0 Å². The highest BCUT2D eigenvalue weighted by Gasteiger charge is 2.35. The molecule has 1 N–H and O–H groups in total. The zero-order valence-electron chi connectivity index (χ0n) is 26.3. The Morgan fingerprint density at radius 3 is 2.91 bits per heavy atom. The molecule has 1 saturated heterocycles. The standard InChI is InChI=1S/C33H36FN9O3/c1-6-35-29-15-23(9-11-41(29)5)46-27-16-24(34)25(14-21(27)2)38-32-31-26(36-20-37-32)17-28-33(39-31)42-12-13-43(22(18-42)19-45-28)30(44)8-7-10-40(3)4/h6-9,11,14-17,20,22H,1,10,12-13,18-19H2,2-5H3,(H,36,37,38)/b8-7+,35-29?. The van der Waals surface area contributed by atoms with Gasteiger partial charge in [-0.2, -0.15) is 0 Å². The van der Waals surface area contributed by atoms with E-state index in [1.807, 2.05) is 60.8 Å². The molecule has 1 atom stereocenters. The van der Waals surface area contributed by atoms with E-state index in [-0.39, 0.29) is 17.6 Å². The summed E-state index contributed by atoms with van der Waals surface area (Å²) in [4.78, 5) is 36.9. The van der Waals surface area contributed by atoms with Crippen molar-refractivity contribution in [2.75, 3.05) is 57.1 Å². The number of fused-ring (bicyclic) bond motifs is 5. The number of halogens is 1. The molecule has 2 aliphatic rings. The molecule has 1 aromatic carbocycles. The molecule has 2 bridgehead atoms. The second-order valence-electron chi connectivity index (χ2n) is 11.5. The van der Waals surface area contributed by atoms with Crippen LogP contribution in [0, 0.1) is 12.7 Å². The number of amides is 1. The third kappa shape index (κ3) is 6.40. The van der Waals surface area contributed by atoms with Crippen molar-refractivity contribution in [3.8, 4) is 17.2 Å². The van der Waals surface area contributed by atoms with Gasteiger partial charge in [0, 0.05) is 69.9 Å². The maximum atomic E-state index is 15.5. The van der Waals surface area contributed by atoms with Gasteiger partial charge in [-0.05, 0) is 38.7 Å². The number of aryl methyl sites for hydroxylation is 2. The van der Waals surface area contributed by atoms with Gasteiger partial charge in [-0.1, -0.05) is 12.7 Å². The minimum absolute atomic E-state index is 0.0314. The Hall–Kier alpha value is -5.30. The normalized spacial score (nSPS) is 16.4. The zero-order chi connectivity index (χ0) is 32.4. The van der Waals surface area contributed by atoms with Crippen LogP contribution in [0.25, 0.3) is 11.0 Å². The van der Waals surface area contributed by atoms with E-state index in [2.05, 4.69) is 31.8 Å². The van der Waals surface area contributed by atoms with Crippen molar-refractivity contribution in [2.24, 2.45) is 12.0 Å². The topological polar surface area (TPSA) is 113 Å². The first-order valence-electron chi connectivity index (χ1n) is 14.9. The number of nitrogens with zero attached hydrogens (tertiary/aromatic N) is 8. The van der Waals surface area contributed by atoms with Crippen LogP contribution in [-0.4, -0.2) is 88.1 Å². The monoisotopic (exact) mass is 625 g/mol. The first-order valence-corrected chi connectivity index (χ1v) is 14.9. The van der Waals surface area contributed by atoms with Gasteiger partial charge in [-0.3, -0.25) is 4.79 Å². The lowest BCUT2D eigenvalue weighted by molar-refractivity contribution is -0.129. The molecule has 13 heteroatoms. The van der Waals surface area contributed by atoms with Gasteiger partial charge in [-0.15, -0.1) is 0 Å². The van der Waals surface area contributed by atoms with Crippen molar-refractivity contribution in [1.82, 2.24) is 29.3 Å². The quantitative estimate of drug-likeness (QED) is 0.291. The van der Waals surface area contributed by atoms with Gasteiger partial charge in [0.15, 0.2) is 17.4 Å². The maximum absolute atomic E-state index is 15.5. The smallest absolute Gasteiger partial charge is 0.246 e. The number of likely N-dealkylation sites (N-methyl/N-ethyl adjacent to an activating group) is 1. The first-order chi connectivity index (χ1) is 22.2. The number of nitrogens with one attached hydrogen (secondary N) is 1. The molecule has 0 spiro atoms. The Labute approximate surface area is 266 Å². The van der Waals surface area contributed by atoms with Gasteiger partial charge in [0.2, 0.25) is 5.91 Å². The van der Waals surface area contributed by atoms with E-state index < -0.39 is 5.82 Å². The van der Waals surface area contributed by atoms with Gasteiger partial charge >= 0.3 is 0 Å². The summed E-state index contributed by atoms with van der Waals surface area (Å²) in [7, 11) is 5.78. The fourth-order valence-electron chi connectivity index (χ4n) is 5.46. The second-order valence-corrected chi connectivity index (χ2v) is 11.5. The van der Waals surface area contributed by atoms with Crippen LogP contribution in [0.15, 0.2) is 72.8 Å². The molecule has 1 amide bonds. The molecular formula is C33H36FN9O3. The Morgan fingerprint density at radius 2 is 2.11 bits per heavy atom. The van der Waals surface area contributed by atoms with E-state index in [1.54, 1.807) is 24.3 Å². The molecule has 3 aromatic heterocycles. The van der Waals surface area contributed by atoms with Crippen LogP contribution >= 0.6 is 0 Å². The van der Waals surface area contributed by atoms with Crippen LogP contribution in [0.4, 0.5) is 21.7 Å². The average Bonchev–Trinajstić information content (AvgIpc) is 3.16. The van der Waals surface area contributed by atoms with Crippen molar-refractivity contribution < 1.29 is 18.7 Å². The van der Waals surface area contributed by atoms with E-state index in [9.17, 15) is 4.79 Å². The largest absolute Gasteiger partial charge is 0.487 e. The molecule has 0 radical (unpaired) electrons. The number of ether oxygens (including phenoxy) is 2. The Morgan fingerprint density at radius 1 is 1.26 bits per heavy atom. The molecule has 46 heavy (non-hydrogen) atoms. The number of pyridine rings is 2. The highest BCUT2D eigenvalue weighted by atomic mass is 19.1. The van der Waals surface area contributed by atoms with Gasteiger partial charge < -0.3 is 34.1 Å². The molecule has 1 unspecified atom stereocenters. The third-order valence-electron chi connectivity index (χ3n) is 7.85. The van der Waals surface area contributed by atoms with E-state index in [1.165, 1.54) is 18.6 Å². The number of benzene rings is 1. The summed E-state index contributed by atoms with van der Waals surface area (Å²) in [5.41, 5.74) is 2.59. The number of carbonyl (C=O) groups is 1. The van der Waals surface area contributed by atoms with Crippen molar-refractivity contribution in [3.05, 3.63) is 84.7 Å².